The predicted molar refractivity (Wildman–Crippen MR) is 114 cm³/mol. The highest BCUT2D eigenvalue weighted by atomic mass is 32.1. The number of pyridine rings is 1. The maximum absolute atomic E-state index is 5.93. The van der Waals surface area contributed by atoms with Crippen LogP contribution < -0.4 is 10.1 Å². The van der Waals surface area contributed by atoms with Crippen molar-refractivity contribution >= 4 is 17.3 Å². The smallest absolute Gasteiger partial charge is 0.218 e. The number of ether oxygens (including phenoxy) is 1. The van der Waals surface area contributed by atoms with Crippen molar-refractivity contribution in [3.8, 4) is 5.88 Å². The van der Waals surface area contributed by atoms with E-state index in [0.29, 0.717) is 25.6 Å². The lowest BCUT2D eigenvalue weighted by atomic mass is 10.2. The molecule has 0 spiro atoms. The van der Waals surface area contributed by atoms with Gasteiger partial charge in [-0.3, -0.25) is 4.99 Å². The summed E-state index contributed by atoms with van der Waals surface area (Å²) >= 11 is 1.66. The van der Waals surface area contributed by atoms with E-state index in [0.717, 1.165) is 27.8 Å². The third-order valence-corrected chi connectivity index (χ3v) is 4.97. The Balaban J connectivity index is 1.59. The summed E-state index contributed by atoms with van der Waals surface area (Å²) in [6, 6.07) is 14.0. The number of thiazole rings is 1. The number of nitrogens with one attached hydrogen (secondary N) is 1. The normalized spacial score (nSPS) is 11.3. The number of benzene rings is 1. The Bertz CT molecular complexity index is 910. The number of aromatic nitrogens is 2. The molecule has 0 saturated heterocycles. The summed E-state index contributed by atoms with van der Waals surface area (Å²) in [6.07, 6.45) is 1.75. The Morgan fingerprint density at radius 2 is 2.04 bits per heavy atom. The largest absolute Gasteiger partial charge is 0.473 e. The molecular formula is C21H25N5OS. The van der Waals surface area contributed by atoms with Crippen LogP contribution in [-0.2, 0) is 19.7 Å². The van der Waals surface area contributed by atoms with Crippen LogP contribution in [0.15, 0.2) is 59.0 Å². The van der Waals surface area contributed by atoms with Crippen LogP contribution >= 0.6 is 11.3 Å². The lowest BCUT2D eigenvalue weighted by Gasteiger charge is -2.21. The van der Waals surface area contributed by atoms with Crippen molar-refractivity contribution in [2.75, 3.05) is 14.1 Å². The van der Waals surface area contributed by atoms with Gasteiger partial charge in [-0.1, -0.05) is 36.4 Å². The fourth-order valence-electron chi connectivity index (χ4n) is 2.77. The fraction of sp³-hybridized carbons (Fsp3) is 0.286. The van der Waals surface area contributed by atoms with Gasteiger partial charge in [-0.2, -0.15) is 0 Å². The van der Waals surface area contributed by atoms with Crippen molar-refractivity contribution in [3.05, 3.63) is 75.9 Å². The monoisotopic (exact) mass is 395 g/mol. The van der Waals surface area contributed by atoms with E-state index in [-0.39, 0.29) is 0 Å². The summed E-state index contributed by atoms with van der Waals surface area (Å²) in [4.78, 5) is 15.3. The summed E-state index contributed by atoms with van der Waals surface area (Å²) in [5, 5.41) is 6.53. The van der Waals surface area contributed by atoms with Gasteiger partial charge in [0.05, 0.1) is 17.2 Å². The second-order valence-corrected chi connectivity index (χ2v) is 7.42. The lowest BCUT2D eigenvalue weighted by molar-refractivity contribution is 0.290. The summed E-state index contributed by atoms with van der Waals surface area (Å²) in [5.74, 6) is 1.43. The van der Waals surface area contributed by atoms with Crippen LogP contribution in [0, 0.1) is 6.92 Å². The van der Waals surface area contributed by atoms with Crippen molar-refractivity contribution in [1.82, 2.24) is 20.2 Å². The van der Waals surface area contributed by atoms with Gasteiger partial charge < -0.3 is 15.0 Å². The third kappa shape index (κ3) is 5.53. The SMILES string of the molecule is CN=C(NCc1cccnc1OCc1ccccc1)N(C)Cc1csc(C)n1. The molecule has 0 aliphatic carbocycles. The molecular weight excluding hydrogens is 370 g/mol. The molecule has 28 heavy (non-hydrogen) atoms. The highest BCUT2D eigenvalue weighted by Crippen LogP contribution is 2.16. The van der Waals surface area contributed by atoms with Crippen molar-refractivity contribution in [2.24, 2.45) is 4.99 Å². The number of nitrogens with zero attached hydrogens (tertiary/aromatic N) is 4. The molecule has 0 amide bonds. The molecule has 1 N–H and O–H groups in total. The van der Waals surface area contributed by atoms with Crippen molar-refractivity contribution in [1.29, 1.82) is 0 Å². The number of rotatable bonds is 7. The van der Waals surface area contributed by atoms with Crippen LogP contribution in [0.2, 0.25) is 0 Å². The van der Waals surface area contributed by atoms with Gasteiger partial charge in [0, 0.05) is 37.8 Å². The molecule has 0 unspecified atom stereocenters. The minimum Gasteiger partial charge on any atom is -0.473 e. The van der Waals surface area contributed by atoms with Gasteiger partial charge in [0.25, 0.3) is 0 Å². The maximum Gasteiger partial charge on any atom is 0.218 e. The Morgan fingerprint density at radius 1 is 1.21 bits per heavy atom. The number of hydrogen-bond donors (Lipinski definition) is 1. The van der Waals surface area contributed by atoms with Crippen LogP contribution in [0.25, 0.3) is 0 Å². The van der Waals surface area contributed by atoms with E-state index < -0.39 is 0 Å². The molecule has 3 rings (SSSR count). The number of aliphatic imine (C=N–C) groups is 1. The van der Waals surface area contributed by atoms with E-state index in [4.69, 9.17) is 4.74 Å². The van der Waals surface area contributed by atoms with E-state index in [1.165, 1.54) is 0 Å². The van der Waals surface area contributed by atoms with E-state index >= 15 is 0 Å². The topological polar surface area (TPSA) is 62.6 Å². The van der Waals surface area contributed by atoms with E-state index in [1.54, 1.807) is 24.6 Å². The quantitative estimate of drug-likeness (QED) is 0.489. The molecule has 6 nitrogen and oxygen atoms in total. The summed E-state index contributed by atoms with van der Waals surface area (Å²) in [6.45, 7) is 3.78. The minimum atomic E-state index is 0.489. The van der Waals surface area contributed by atoms with Crippen molar-refractivity contribution in [2.45, 2.75) is 26.6 Å². The summed E-state index contributed by atoms with van der Waals surface area (Å²) in [5.41, 5.74) is 3.14. The molecule has 2 heterocycles. The van der Waals surface area contributed by atoms with Gasteiger partial charge in [0.2, 0.25) is 5.88 Å². The Labute approximate surface area is 169 Å². The van der Waals surface area contributed by atoms with Crippen LogP contribution in [0.3, 0.4) is 0 Å². The zero-order chi connectivity index (χ0) is 19.8. The zero-order valence-corrected chi connectivity index (χ0v) is 17.2. The molecule has 0 aliphatic rings. The first kappa shape index (κ1) is 19.8. The first-order valence-electron chi connectivity index (χ1n) is 9.09. The van der Waals surface area contributed by atoms with Gasteiger partial charge in [0.15, 0.2) is 5.96 Å². The number of aryl methyl sites for hydroxylation is 1. The van der Waals surface area contributed by atoms with Crippen LogP contribution in [0.5, 0.6) is 5.88 Å². The van der Waals surface area contributed by atoms with Crippen LogP contribution in [0.1, 0.15) is 21.8 Å². The second kappa shape index (κ2) is 9.85. The number of hydrogen-bond acceptors (Lipinski definition) is 5. The molecule has 0 aliphatic heterocycles. The summed E-state index contributed by atoms with van der Waals surface area (Å²) < 4.78 is 5.93. The van der Waals surface area contributed by atoms with Crippen LogP contribution in [0.4, 0.5) is 0 Å². The molecule has 7 heteroatoms. The molecule has 0 atom stereocenters. The molecule has 0 fully saturated rings. The van der Waals surface area contributed by atoms with Gasteiger partial charge >= 0.3 is 0 Å². The lowest BCUT2D eigenvalue weighted by Crippen LogP contribution is -2.38. The van der Waals surface area contributed by atoms with E-state index in [9.17, 15) is 0 Å². The molecule has 1 aromatic carbocycles. The Morgan fingerprint density at radius 3 is 2.75 bits per heavy atom. The molecule has 0 bridgehead atoms. The summed E-state index contributed by atoms with van der Waals surface area (Å²) in [7, 11) is 3.78. The Kier molecular flexibility index (Phi) is 6.97. The van der Waals surface area contributed by atoms with E-state index in [2.05, 4.69) is 30.6 Å². The average Bonchev–Trinajstić information content (AvgIpc) is 3.13. The average molecular weight is 396 g/mol. The first-order valence-corrected chi connectivity index (χ1v) is 9.97. The van der Waals surface area contributed by atoms with Gasteiger partial charge in [-0.25, -0.2) is 9.97 Å². The predicted octanol–water partition coefficient (Wildman–Crippen LogP) is 3.63. The molecule has 3 aromatic rings. The van der Waals surface area contributed by atoms with E-state index in [1.807, 2.05) is 56.4 Å². The van der Waals surface area contributed by atoms with Crippen molar-refractivity contribution in [3.63, 3.8) is 0 Å². The van der Waals surface area contributed by atoms with Crippen molar-refractivity contribution < 1.29 is 4.74 Å². The standard InChI is InChI=1S/C21H25N5OS/c1-16-25-19(15-28-16)13-26(3)21(22-2)24-12-18-10-7-11-23-20(18)27-14-17-8-5-4-6-9-17/h4-11,15H,12-14H2,1-3H3,(H,22,24). The zero-order valence-electron chi connectivity index (χ0n) is 16.4. The molecule has 2 aromatic heterocycles. The van der Waals surface area contributed by atoms with Crippen LogP contribution in [-0.4, -0.2) is 34.9 Å². The van der Waals surface area contributed by atoms with Gasteiger partial charge in [-0.15, -0.1) is 11.3 Å². The minimum absolute atomic E-state index is 0.489. The highest BCUT2D eigenvalue weighted by molar-refractivity contribution is 7.09. The molecule has 146 valence electrons. The second-order valence-electron chi connectivity index (χ2n) is 6.36. The molecule has 0 radical (unpaired) electrons. The number of guanidine groups is 1. The van der Waals surface area contributed by atoms with Gasteiger partial charge in [-0.05, 0) is 18.6 Å². The van der Waals surface area contributed by atoms with Gasteiger partial charge in [0.1, 0.15) is 6.61 Å². The fourth-order valence-corrected chi connectivity index (χ4v) is 3.38. The third-order valence-electron chi connectivity index (χ3n) is 4.14. The Hall–Kier alpha value is -2.93. The molecule has 0 saturated carbocycles. The maximum atomic E-state index is 5.93. The highest BCUT2D eigenvalue weighted by Gasteiger charge is 2.11. The first-order chi connectivity index (χ1) is 13.7.